The second-order valence-electron chi connectivity index (χ2n) is 3.87. The lowest BCUT2D eigenvalue weighted by molar-refractivity contribution is -0.385. The van der Waals surface area contributed by atoms with Gasteiger partial charge in [-0.3, -0.25) is 10.1 Å². The Kier molecular flexibility index (Phi) is 4.29. The second-order valence-corrected chi connectivity index (χ2v) is 4.43. The lowest BCUT2D eigenvalue weighted by Gasteiger charge is -2.08. The molecule has 20 heavy (non-hydrogen) atoms. The number of alkyl halides is 1. The van der Waals surface area contributed by atoms with Crippen molar-refractivity contribution in [2.75, 3.05) is 0 Å². The van der Waals surface area contributed by atoms with Crippen LogP contribution in [0.2, 0.25) is 0 Å². The summed E-state index contributed by atoms with van der Waals surface area (Å²) in [7, 11) is 0. The molecule has 4 nitrogen and oxygen atoms in total. The van der Waals surface area contributed by atoms with E-state index in [4.69, 9.17) is 4.74 Å². The standard InChI is InChI=1S/C13H8BrF2NO3/c14-7-8-1-4-12(10(16)5-8)20-13-6-9(15)2-3-11(13)17(18)19/h1-6H,7H2. The minimum absolute atomic E-state index is 0.205. The molecular weight excluding hydrogens is 336 g/mol. The highest BCUT2D eigenvalue weighted by molar-refractivity contribution is 9.08. The molecule has 0 aliphatic heterocycles. The monoisotopic (exact) mass is 343 g/mol. The third-order valence-corrected chi connectivity index (χ3v) is 3.14. The first-order chi connectivity index (χ1) is 9.51. The maximum Gasteiger partial charge on any atom is 0.311 e. The molecule has 0 fully saturated rings. The van der Waals surface area contributed by atoms with Crippen LogP contribution in [0.4, 0.5) is 14.5 Å². The minimum atomic E-state index is -0.723. The first-order valence-corrected chi connectivity index (χ1v) is 6.59. The zero-order valence-electron chi connectivity index (χ0n) is 9.98. The van der Waals surface area contributed by atoms with E-state index in [9.17, 15) is 18.9 Å². The summed E-state index contributed by atoms with van der Waals surface area (Å²) in [6, 6.07) is 6.91. The number of hydrogen-bond acceptors (Lipinski definition) is 3. The fraction of sp³-hybridized carbons (Fsp3) is 0.0769. The lowest BCUT2D eigenvalue weighted by atomic mass is 10.2. The van der Waals surface area contributed by atoms with Crippen LogP contribution in [0.15, 0.2) is 36.4 Å². The molecule has 0 N–H and O–H groups in total. The highest BCUT2D eigenvalue weighted by Gasteiger charge is 2.18. The van der Waals surface area contributed by atoms with Gasteiger partial charge >= 0.3 is 5.69 Å². The van der Waals surface area contributed by atoms with Crippen LogP contribution in [0, 0.1) is 21.7 Å². The molecular formula is C13H8BrF2NO3. The number of nitrogens with zero attached hydrogens (tertiary/aromatic N) is 1. The van der Waals surface area contributed by atoms with Gasteiger partial charge in [0.05, 0.1) is 4.92 Å². The number of nitro benzene ring substituents is 1. The van der Waals surface area contributed by atoms with Crippen molar-refractivity contribution in [1.29, 1.82) is 0 Å². The van der Waals surface area contributed by atoms with Crippen LogP contribution in [-0.2, 0) is 5.33 Å². The normalized spacial score (nSPS) is 10.3. The van der Waals surface area contributed by atoms with Gasteiger partial charge in [0.2, 0.25) is 5.75 Å². The molecule has 0 saturated heterocycles. The van der Waals surface area contributed by atoms with Crippen molar-refractivity contribution < 1.29 is 18.4 Å². The molecule has 2 aromatic carbocycles. The zero-order chi connectivity index (χ0) is 14.7. The Morgan fingerprint density at radius 3 is 2.50 bits per heavy atom. The van der Waals surface area contributed by atoms with Gasteiger partial charge in [0.15, 0.2) is 11.6 Å². The van der Waals surface area contributed by atoms with E-state index >= 15 is 0 Å². The average Bonchev–Trinajstić information content (AvgIpc) is 2.40. The molecule has 7 heteroatoms. The predicted octanol–water partition coefficient (Wildman–Crippen LogP) is 4.56. The molecule has 0 unspecified atom stereocenters. The number of benzene rings is 2. The Bertz CT molecular complexity index is 664. The maximum atomic E-state index is 13.7. The second kappa shape index (κ2) is 5.96. The molecule has 2 rings (SSSR count). The van der Waals surface area contributed by atoms with Gasteiger partial charge in [-0.2, -0.15) is 0 Å². The van der Waals surface area contributed by atoms with E-state index in [-0.39, 0.29) is 11.5 Å². The van der Waals surface area contributed by atoms with Crippen molar-refractivity contribution in [3.05, 3.63) is 63.7 Å². The third kappa shape index (κ3) is 3.11. The summed E-state index contributed by atoms with van der Waals surface area (Å²) in [5.74, 6) is -1.94. The van der Waals surface area contributed by atoms with E-state index < -0.39 is 22.2 Å². The first-order valence-electron chi connectivity index (χ1n) is 5.47. The highest BCUT2D eigenvalue weighted by Crippen LogP contribution is 2.33. The first kappa shape index (κ1) is 14.4. The van der Waals surface area contributed by atoms with E-state index in [2.05, 4.69) is 15.9 Å². The SMILES string of the molecule is O=[N+]([O-])c1ccc(F)cc1Oc1ccc(CBr)cc1F. The van der Waals surface area contributed by atoms with E-state index in [1.54, 1.807) is 6.07 Å². The molecule has 0 saturated carbocycles. The summed E-state index contributed by atoms with van der Waals surface area (Å²) in [6.07, 6.45) is 0. The molecule has 0 spiro atoms. The van der Waals surface area contributed by atoms with Gasteiger partial charge in [0.1, 0.15) is 5.82 Å². The van der Waals surface area contributed by atoms with Gasteiger partial charge in [-0.05, 0) is 23.8 Å². The van der Waals surface area contributed by atoms with Crippen molar-refractivity contribution in [3.63, 3.8) is 0 Å². The van der Waals surface area contributed by atoms with E-state index in [0.717, 1.165) is 18.2 Å². The summed E-state index contributed by atoms with van der Waals surface area (Å²) in [5, 5.41) is 11.3. The van der Waals surface area contributed by atoms with Gasteiger partial charge in [-0.15, -0.1) is 0 Å². The van der Waals surface area contributed by atoms with Crippen molar-refractivity contribution in [2.24, 2.45) is 0 Å². The Labute approximate surface area is 121 Å². The van der Waals surface area contributed by atoms with Gasteiger partial charge < -0.3 is 4.74 Å². The Hall–Kier alpha value is -2.02. The molecule has 0 atom stereocenters. The van der Waals surface area contributed by atoms with Gasteiger partial charge in [0.25, 0.3) is 0 Å². The molecule has 0 radical (unpaired) electrons. The van der Waals surface area contributed by atoms with Gasteiger partial charge in [-0.25, -0.2) is 8.78 Å². The van der Waals surface area contributed by atoms with E-state index in [1.165, 1.54) is 12.1 Å². The number of nitro groups is 1. The summed E-state index contributed by atoms with van der Waals surface area (Å²) >= 11 is 3.18. The molecule has 0 aromatic heterocycles. The predicted molar refractivity (Wildman–Crippen MR) is 72.2 cm³/mol. The highest BCUT2D eigenvalue weighted by atomic mass is 79.9. The van der Waals surface area contributed by atoms with Crippen LogP contribution in [-0.4, -0.2) is 4.92 Å². The van der Waals surface area contributed by atoms with Gasteiger partial charge in [0, 0.05) is 17.5 Å². The molecule has 0 amide bonds. The van der Waals surface area contributed by atoms with Crippen LogP contribution < -0.4 is 4.74 Å². The number of halogens is 3. The van der Waals surface area contributed by atoms with Crippen molar-refractivity contribution in [2.45, 2.75) is 5.33 Å². The molecule has 0 aliphatic carbocycles. The van der Waals surface area contributed by atoms with Crippen LogP contribution in [0.1, 0.15) is 5.56 Å². The van der Waals surface area contributed by atoms with Crippen molar-refractivity contribution in [1.82, 2.24) is 0 Å². The fourth-order valence-corrected chi connectivity index (χ4v) is 1.90. The Morgan fingerprint density at radius 1 is 1.15 bits per heavy atom. The maximum absolute atomic E-state index is 13.7. The number of rotatable bonds is 4. The van der Waals surface area contributed by atoms with Gasteiger partial charge in [-0.1, -0.05) is 22.0 Å². The van der Waals surface area contributed by atoms with Crippen LogP contribution in [0.25, 0.3) is 0 Å². The topological polar surface area (TPSA) is 52.4 Å². The number of hydrogen-bond donors (Lipinski definition) is 0. The third-order valence-electron chi connectivity index (χ3n) is 2.49. The largest absolute Gasteiger partial charge is 0.447 e. The molecule has 0 aliphatic rings. The molecule has 2 aromatic rings. The summed E-state index contributed by atoms with van der Waals surface area (Å²) < 4.78 is 32.0. The Balaban J connectivity index is 2.39. The smallest absolute Gasteiger partial charge is 0.311 e. The summed E-state index contributed by atoms with van der Waals surface area (Å²) in [4.78, 5) is 10.1. The van der Waals surface area contributed by atoms with E-state index in [1.807, 2.05) is 0 Å². The fourth-order valence-electron chi connectivity index (χ4n) is 1.55. The molecule has 0 heterocycles. The van der Waals surface area contributed by atoms with Crippen LogP contribution >= 0.6 is 15.9 Å². The summed E-state index contributed by atoms with van der Waals surface area (Å²) in [5.41, 5.74) is 0.249. The van der Waals surface area contributed by atoms with Crippen molar-refractivity contribution >= 4 is 21.6 Å². The van der Waals surface area contributed by atoms with Crippen LogP contribution in [0.5, 0.6) is 11.5 Å². The lowest BCUT2D eigenvalue weighted by Crippen LogP contribution is -1.96. The minimum Gasteiger partial charge on any atom is -0.447 e. The average molecular weight is 344 g/mol. The quantitative estimate of drug-likeness (QED) is 0.464. The zero-order valence-corrected chi connectivity index (χ0v) is 11.6. The Morgan fingerprint density at radius 2 is 1.90 bits per heavy atom. The van der Waals surface area contributed by atoms with Crippen molar-refractivity contribution in [3.8, 4) is 11.5 Å². The molecule has 104 valence electrons. The summed E-state index contributed by atoms with van der Waals surface area (Å²) in [6.45, 7) is 0. The van der Waals surface area contributed by atoms with Crippen LogP contribution in [0.3, 0.4) is 0 Å². The number of ether oxygens (including phenoxy) is 1. The molecule has 0 bridgehead atoms. The van der Waals surface area contributed by atoms with E-state index in [0.29, 0.717) is 10.9 Å².